The summed E-state index contributed by atoms with van der Waals surface area (Å²) >= 11 is 0. The smallest absolute Gasteiger partial charge is 0.267 e. The molecule has 116 valence electrons. The van der Waals surface area contributed by atoms with Gasteiger partial charge in [-0.15, -0.1) is 0 Å². The number of halogens is 3. The first-order valence-electron chi connectivity index (χ1n) is 6.57. The van der Waals surface area contributed by atoms with Crippen molar-refractivity contribution >= 4 is 15.9 Å². The van der Waals surface area contributed by atoms with Crippen LogP contribution < -0.4 is 9.71 Å². The summed E-state index contributed by atoms with van der Waals surface area (Å²) in [5.41, 5.74) is 0. The Morgan fingerprint density at radius 1 is 1.14 bits per heavy atom. The SMILES string of the molecule is O=S(=O)(NC(=[NH+]C1CCCC1)C(F)(F)F)c1ccccc1. The molecule has 1 aromatic rings. The molecule has 0 atom stereocenters. The number of sulfonamides is 1. The summed E-state index contributed by atoms with van der Waals surface area (Å²) < 4.78 is 64.6. The molecule has 8 heteroatoms. The van der Waals surface area contributed by atoms with Crippen molar-refractivity contribution in [2.45, 2.75) is 42.8 Å². The first kappa shape index (κ1) is 15.8. The van der Waals surface area contributed by atoms with Gasteiger partial charge in [0, 0.05) is 0 Å². The maximum atomic E-state index is 13.0. The Morgan fingerprint density at radius 2 is 1.71 bits per heavy atom. The van der Waals surface area contributed by atoms with Crippen LogP contribution >= 0.6 is 0 Å². The minimum Gasteiger partial charge on any atom is -0.267 e. The van der Waals surface area contributed by atoms with Gasteiger partial charge in [0.05, 0.1) is 6.04 Å². The van der Waals surface area contributed by atoms with Gasteiger partial charge in [-0.1, -0.05) is 18.2 Å². The van der Waals surface area contributed by atoms with E-state index >= 15 is 0 Å². The second kappa shape index (κ2) is 6.05. The van der Waals surface area contributed by atoms with Crippen LogP contribution in [0.1, 0.15) is 25.7 Å². The van der Waals surface area contributed by atoms with Crippen LogP contribution in [0.25, 0.3) is 0 Å². The summed E-state index contributed by atoms with van der Waals surface area (Å²) in [5, 5.41) is 0. The first-order valence-corrected chi connectivity index (χ1v) is 8.06. The molecule has 0 saturated heterocycles. The highest BCUT2D eigenvalue weighted by Gasteiger charge is 2.46. The molecule has 4 nitrogen and oxygen atoms in total. The topological polar surface area (TPSA) is 60.1 Å². The third-order valence-electron chi connectivity index (χ3n) is 3.28. The van der Waals surface area contributed by atoms with E-state index in [-0.39, 0.29) is 10.9 Å². The lowest BCUT2D eigenvalue weighted by Gasteiger charge is -2.09. The lowest BCUT2D eigenvalue weighted by Crippen LogP contribution is -2.84. The zero-order valence-electron chi connectivity index (χ0n) is 11.2. The summed E-state index contributed by atoms with van der Waals surface area (Å²) in [6, 6.07) is 6.63. The van der Waals surface area contributed by atoms with Crippen LogP contribution in [0.4, 0.5) is 13.2 Å². The molecule has 0 spiro atoms. The highest BCUT2D eigenvalue weighted by Crippen LogP contribution is 2.17. The van der Waals surface area contributed by atoms with Crippen molar-refractivity contribution in [3.63, 3.8) is 0 Å². The fraction of sp³-hybridized carbons (Fsp3) is 0.462. The summed E-state index contributed by atoms with van der Waals surface area (Å²) in [7, 11) is -4.25. The summed E-state index contributed by atoms with van der Waals surface area (Å²) in [5.74, 6) is -1.32. The molecule has 1 fully saturated rings. The van der Waals surface area contributed by atoms with E-state index in [0.717, 1.165) is 12.8 Å². The summed E-state index contributed by atoms with van der Waals surface area (Å²) in [6.45, 7) is 0. The molecule has 1 aliphatic carbocycles. The molecule has 0 amide bonds. The van der Waals surface area contributed by atoms with Crippen LogP contribution in [0, 0.1) is 0 Å². The van der Waals surface area contributed by atoms with Gasteiger partial charge in [0.1, 0.15) is 4.90 Å². The van der Waals surface area contributed by atoms with Crippen LogP contribution in [-0.4, -0.2) is 26.5 Å². The largest absolute Gasteiger partial charge is 0.495 e. The normalized spacial score (nSPS) is 18.0. The van der Waals surface area contributed by atoms with E-state index in [0.29, 0.717) is 12.8 Å². The number of alkyl halides is 3. The van der Waals surface area contributed by atoms with Crippen LogP contribution in [0.15, 0.2) is 35.2 Å². The second-order valence-corrected chi connectivity index (χ2v) is 6.60. The van der Waals surface area contributed by atoms with E-state index in [1.807, 2.05) is 0 Å². The molecule has 0 bridgehead atoms. The number of hydrogen-bond donors (Lipinski definition) is 2. The Hall–Kier alpha value is -1.57. The lowest BCUT2D eigenvalue weighted by atomic mass is 10.3. The van der Waals surface area contributed by atoms with E-state index in [4.69, 9.17) is 0 Å². The summed E-state index contributed by atoms with van der Waals surface area (Å²) in [6.07, 6.45) is -1.88. The van der Waals surface area contributed by atoms with Crippen LogP contribution in [0.5, 0.6) is 0 Å². The molecule has 1 aliphatic rings. The van der Waals surface area contributed by atoms with Crippen LogP contribution in [-0.2, 0) is 10.0 Å². The number of rotatable bonds is 3. The molecular weight excluding hydrogens is 305 g/mol. The molecular formula is C13H16F3N2O2S+. The van der Waals surface area contributed by atoms with Crippen LogP contribution in [0.3, 0.4) is 0 Å². The van der Waals surface area contributed by atoms with Gasteiger partial charge in [-0.25, -0.2) is 0 Å². The first-order chi connectivity index (χ1) is 9.79. The number of amidine groups is 1. The average molecular weight is 321 g/mol. The van der Waals surface area contributed by atoms with Crippen molar-refractivity contribution in [1.82, 2.24) is 4.72 Å². The monoisotopic (exact) mass is 321 g/mol. The highest BCUT2D eigenvalue weighted by molar-refractivity contribution is 7.90. The predicted octanol–water partition coefficient (Wildman–Crippen LogP) is 0.949. The zero-order valence-corrected chi connectivity index (χ0v) is 12.0. The Balaban J connectivity index is 2.27. The zero-order chi connectivity index (χ0) is 15.5. The molecule has 0 unspecified atom stereocenters. The fourth-order valence-corrected chi connectivity index (χ4v) is 3.31. The summed E-state index contributed by atoms with van der Waals surface area (Å²) in [4.78, 5) is 2.07. The molecule has 1 aromatic carbocycles. The molecule has 0 radical (unpaired) electrons. The Kier molecular flexibility index (Phi) is 4.55. The van der Waals surface area contributed by atoms with Gasteiger partial charge in [-0.3, -0.25) is 4.99 Å². The predicted molar refractivity (Wildman–Crippen MR) is 71.0 cm³/mol. The molecule has 21 heavy (non-hydrogen) atoms. The second-order valence-electron chi connectivity index (χ2n) is 4.92. The third-order valence-corrected chi connectivity index (χ3v) is 4.64. The van der Waals surface area contributed by atoms with E-state index < -0.39 is 22.0 Å². The Labute approximate surface area is 121 Å². The minimum atomic E-state index is -4.77. The van der Waals surface area contributed by atoms with Gasteiger partial charge >= 0.3 is 22.0 Å². The van der Waals surface area contributed by atoms with E-state index in [2.05, 4.69) is 4.99 Å². The van der Waals surface area contributed by atoms with Gasteiger partial charge in [-0.05, 0) is 37.8 Å². The molecule has 1 saturated carbocycles. The number of benzene rings is 1. The number of hydrogen-bond acceptors (Lipinski definition) is 2. The molecule has 2 rings (SSSR count). The average Bonchev–Trinajstić information content (AvgIpc) is 2.91. The highest BCUT2D eigenvalue weighted by atomic mass is 32.2. The minimum absolute atomic E-state index is 0.208. The van der Waals surface area contributed by atoms with Crippen molar-refractivity contribution in [3.8, 4) is 0 Å². The van der Waals surface area contributed by atoms with Crippen molar-refractivity contribution < 1.29 is 26.6 Å². The molecule has 0 heterocycles. The third kappa shape index (κ3) is 4.20. The molecule has 2 N–H and O–H groups in total. The van der Waals surface area contributed by atoms with E-state index in [1.165, 1.54) is 24.3 Å². The fourth-order valence-electron chi connectivity index (χ4n) is 2.24. The van der Waals surface area contributed by atoms with E-state index in [9.17, 15) is 21.6 Å². The van der Waals surface area contributed by atoms with Gasteiger partial charge in [0.2, 0.25) is 0 Å². The quantitative estimate of drug-likeness (QED) is 0.643. The lowest BCUT2D eigenvalue weighted by molar-refractivity contribution is -0.510. The Bertz CT molecular complexity index is 606. The van der Waals surface area contributed by atoms with Crippen molar-refractivity contribution in [3.05, 3.63) is 30.3 Å². The molecule has 0 aliphatic heterocycles. The van der Waals surface area contributed by atoms with Crippen molar-refractivity contribution in [1.29, 1.82) is 0 Å². The molecule has 0 aromatic heterocycles. The van der Waals surface area contributed by atoms with Gasteiger partial charge in [-0.2, -0.15) is 26.3 Å². The number of nitrogens with one attached hydrogen (secondary N) is 2. The van der Waals surface area contributed by atoms with Crippen LogP contribution in [0.2, 0.25) is 0 Å². The van der Waals surface area contributed by atoms with Crippen molar-refractivity contribution in [2.75, 3.05) is 0 Å². The maximum absolute atomic E-state index is 13.0. The standard InChI is InChI=1S/C13H15F3N2O2S/c14-13(15,16)12(17-10-6-4-5-7-10)18-21(19,20)11-8-2-1-3-9-11/h1-3,8-10H,4-7H2,(H,17,18)/p+1. The maximum Gasteiger partial charge on any atom is 0.495 e. The van der Waals surface area contributed by atoms with Gasteiger partial charge in [0.25, 0.3) is 0 Å². The Morgan fingerprint density at radius 3 is 2.24 bits per heavy atom. The van der Waals surface area contributed by atoms with Gasteiger partial charge in [0.15, 0.2) is 0 Å². The van der Waals surface area contributed by atoms with Gasteiger partial charge < -0.3 is 0 Å². The van der Waals surface area contributed by atoms with Crippen molar-refractivity contribution in [2.24, 2.45) is 0 Å². The van der Waals surface area contributed by atoms with E-state index in [1.54, 1.807) is 10.8 Å².